The molecule has 1 atom stereocenters. The molecule has 2 heterocycles. The molecule has 8 heteroatoms. The Morgan fingerprint density at radius 1 is 1.21 bits per heavy atom. The minimum atomic E-state index is 0.288. The Labute approximate surface area is 172 Å². The maximum Gasteiger partial charge on any atom is 0.151 e. The summed E-state index contributed by atoms with van der Waals surface area (Å²) < 4.78 is 0. The zero-order chi connectivity index (χ0) is 20.6. The standard InChI is InChI=1S/C21H31N7O/c1-26(2)15-17-6-8-18(9-7-17)23-20-13-22-14-21(24-20)28-10-4-5-19(16-28)25-27(3)11-12-29/h6-9,12-14,19,25H,4-5,10-11,15-16H2,1-3H3,(H,23,24)/t19-/m1/s1. The lowest BCUT2D eigenvalue weighted by molar-refractivity contribution is -0.109. The predicted octanol–water partition coefficient (Wildman–Crippen LogP) is 1.89. The van der Waals surface area contributed by atoms with E-state index < -0.39 is 0 Å². The molecule has 0 spiro atoms. The monoisotopic (exact) mass is 397 g/mol. The third-order valence-corrected chi connectivity index (χ3v) is 4.84. The summed E-state index contributed by atoms with van der Waals surface area (Å²) in [5.41, 5.74) is 5.65. The summed E-state index contributed by atoms with van der Waals surface area (Å²) in [7, 11) is 6.02. The van der Waals surface area contributed by atoms with E-state index in [1.165, 1.54) is 5.56 Å². The number of rotatable bonds is 9. The topological polar surface area (TPSA) is 76.6 Å². The Kier molecular flexibility index (Phi) is 7.51. The van der Waals surface area contributed by atoms with E-state index in [4.69, 9.17) is 4.98 Å². The van der Waals surface area contributed by atoms with Crippen molar-refractivity contribution in [2.75, 3.05) is 51.0 Å². The average Bonchev–Trinajstić information content (AvgIpc) is 2.70. The molecule has 0 bridgehead atoms. The zero-order valence-corrected chi connectivity index (χ0v) is 17.5. The molecule has 1 fully saturated rings. The van der Waals surface area contributed by atoms with Crippen LogP contribution in [0.3, 0.4) is 0 Å². The van der Waals surface area contributed by atoms with Gasteiger partial charge in [0.2, 0.25) is 0 Å². The number of anilines is 3. The fraction of sp³-hybridized carbons (Fsp3) is 0.476. The lowest BCUT2D eigenvalue weighted by Crippen LogP contribution is -2.51. The molecule has 2 N–H and O–H groups in total. The normalized spacial score (nSPS) is 17.0. The second-order valence-electron chi connectivity index (χ2n) is 7.78. The van der Waals surface area contributed by atoms with E-state index in [1.807, 2.05) is 18.3 Å². The Balaban J connectivity index is 1.62. The minimum absolute atomic E-state index is 0.288. The third kappa shape index (κ3) is 6.49. The number of aldehydes is 1. The number of carbonyl (C=O) groups is 1. The molecule has 1 saturated heterocycles. The van der Waals surface area contributed by atoms with Gasteiger partial charge < -0.3 is 19.9 Å². The Hall–Kier alpha value is -2.55. The van der Waals surface area contributed by atoms with Crippen molar-refractivity contribution in [1.29, 1.82) is 0 Å². The van der Waals surface area contributed by atoms with Crippen LogP contribution in [0.5, 0.6) is 0 Å². The first-order valence-electron chi connectivity index (χ1n) is 10.0. The largest absolute Gasteiger partial charge is 0.354 e. The highest BCUT2D eigenvalue weighted by Crippen LogP contribution is 2.21. The molecule has 0 aliphatic carbocycles. The number of hydrazine groups is 1. The number of hydrogen-bond donors (Lipinski definition) is 2. The molecule has 0 radical (unpaired) electrons. The lowest BCUT2D eigenvalue weighted by Gasteiger charge is -2.35. The van der Waals surface area contributed by atoms with Crippen LogP contribution in [-0.4, -0.2) is 73.0 Å². The molecule has 1 aliphatic heterocycles. The molecule has 8 nitrogen and oxygen atoms in total. The van der Waals surface area contributed by atoms with Gasteiger partial charge in [0.05, 0.1) is 18.9 Å². The van der Waals surface area contributed by atoms with Gasteiger partial charge in [-0.15, -0.1) is 0 Å². The first-order chi connectivity index (χ1) is 14.0. The summed E-state index contributed by atoms with van der Waals surface area (Å²) in [6, 6.07) is 8.66. The van der Waals surface area contributed by atoms with Gasteiger partial charge in [0.1, 0.15) is 12.1 Å². The van der Waals surface area contributed by atoms with E-state index in [9.17, 15) is 4.79 Å². The second kappa shape index (κ2) is 10.3. The Morgan fingerprint density at radius 2 is 2.00 bits per heavy atom. The highest BCUT2D eigenvalue weighted by Gasteiger charge is 2.22. The molecule has 156 valence electrons. The van der Waals surface area contributed by atoms with E-state index in [1.54, 1.807) is 6.20 Å². The van der Waals surface area contributed by atoms with E-state index >= 15 is 0 Å². The smallest absolute Gasteiger partial charge is 0.151 e. The SMILES string of the molecule is CN(C)Cc1ccc(Nc2cncc(N3CCC[C@@H](NN(C)CC=O)C3)n2)cc1. The molecule has 1 aliphatic rings. The van der Waals surface area contributed by atoms with Gasteiger partial charge in [-0.2, -0.15) is 0 Å². The van der Waals surface area contributed by atoms with E-state index in [0.717, 1.165) is 56.1 Å². The molecule has 2 aromatic rings. The number of nitrogens with one attached hydrogen (secondary N) is 2. The maximum absolute atomic E-state index is 10.7. The van der Waals surface area contributed by atoms with Crippen molar-refractivity contribution >= 4 is 23.6 Å². The summed E-state index contributed by atoms with van der Waals surface area (Å²) in [4.78, 5) is 24.2. The lowest BCUT2D eigenvalue weighted by atomic mass is 10.1. The fourth-order valence-corrected chi connectivity index (χ4v) is 3.54. The quantitative estimate of drug-likeness (QED) is 0.491. The molecular weight excluding hydrogens is 366 g/mol. The summed E-state index contributed by atoms with van der Waals surface area (Å²) in [6.07, 6.45) is 6.60. The number of carbonyl (C=O) groups excluding carboxylic acids is 1. The van der Waals surface area contributed by atoms with Crippen molar-refractivity contribution < 1.29 is 4.79 Å². The molecule has 0 amide bonds. The van der Waals surface area contributed by atoms with E-state index in [0.29, 0.717) is 6.54 Å². The van der Waals surface area contributed by atoms with Crippen molar-refractivity contribution in [3.8, 4) is 0 Å². The van der Waals surface area contributed by atoms with Crippen molar-refractivity contribution in [2.24, 2.45) is 0 Å². The molecule has 29 heavy (non-hydrogen) atoms. The van der Waals surface area contributed by atoms with Crippen LogP contribution >= 0.6 is 0 Å². The molecule has 1 aromatic heterocycles. The molecule has 1 aromatic carbocycles. The van der Waals surface area contributed by atoms with Crippen LogP contribution in [0.15, 0.2) is 36.7 Å². The summed E-state index contributed by atoms with van der Waals surface area (Å²) in [6.45, 7) is 3.08. The zero-order valence-electron chi connectivity index (χ0n) is 17.5. The minimum Gasteiger partial charge on any atom is -0.354 e. The van der Waals surface area contributed by atoms with E-state index in [-0.39, 0.29) is 6.04 Å². The van der Waals surface area contributed by atoms with Crippen LogP contribution < -0.4 is 15.6 Å². The summed E-state index contributed by atoms with van der Waals surface area (Å²) >= 11 is 0. The van der Waals surface area contributed by atoms with Gasteiger partial charge in [-0.3, -0.25) is 10.4 Å². The van der Waals surface area contributed by atoms with Crippen LogP contribution in [0.4, 0.5) is 17.3 Å². The highest BCUT2D eigenvalue weighted by molar-refractivity contribution is 5.57. The third-order valence-electron chi connectivity index (χ3n) is 4.84. The number of hydrogen-bond acceptors (Lipinski definition) is 8. The first kappa shape index (κ1) is 21.2. The molecule has 0 unspecified atom stereocenters. The number of likely N-dealkylation sites (N-methyl/N-ethyl adjacent to an activating group) is 1. The van der Waals surface area contributed by atoms with E-state index in [2.05, 4.69) is 63.9 Å². The van der Waals surface area contributed by atoms with Crippen LogP contribution in [0, 0.1) is 0 Å². The van der Waals surface area contributed by atoms with Crippen LogP contribution in [0.25, 0.3) is 0 Å². The fourth-order valence-electron chi connectivity index (χ4n) is 3.54. The summed E-state index contributed by atoms with van der Waals surface area (Å²) in [5.74, 6) is 1.60. The van der Waals surface area contributed by atoms with Crippen molar-refractivity contribution in [1.82, 2.24) is 25.3 Å². The van der Waals surface area contributed by atoms with Gasteiger partial charge in [-0.1, -0.05) is 12.1 Å². The molecular formula is C21H31N7O. The van der Waals surface area contributed by atoms with Crippen molar-refractivity contribution in [2.45, 2.75) is 25.4 Å². The van der Waals surface area contributed by atoms with Gasteiger partial charge in [-0.25, -0.2) is 9.99 Å². The van der Waals surface area contributed by atoms with Crippen molar-refractivity contribution in [3.05, 3.63) is 42.2 Å². The van der Waals surface area contributed by atoms with Gasteiger partial charge in [-0.05, 0) is 44.6 Å². The average molecular weight is 398 g/mol. The van der Waals surface area contributed by atoms with Crippen LogP contribution in [-0.2, 0) is 11.3 Å². The summed E-state index contributed by atoms with van der Waals surface area (Å²) in [5, 5.41) is 5.19. The number of aromatic nitrogens is 2. The van der Waals surface area contributed by atoms with Gasteiger partial charge in [0.25, 0.3) is 0 Å². The van der Waals surface area contributed by atoms with Crippen LogP contribution in [0.2, 0.25) is 0 Å². The Morgan fingerprint density at radius 3 is 2.72 bits per heavy atom. The van der Waals surface area contributed by atoms with Gasteiger partial charge in [0, 0.05) is 38.4 Å². The molecule has 3 rings (SSSR count). The highest BCUT2D eigenvalue weighted by atomic mass is 16.1. The maximum atomic E-state index is 10.7. The number of piperidine rings is 1. The first-order valence-corrected chi connectivity index (χ1v) is 10.0. The second-order valence-corrected chi connectivity index (χ2v) is 7.78. The number of nitrogens with zero attached hydrogens (tertiary/aromatic N) is 5. The molecule has 0 saturated carbocycles. The van der Waals surface area contributed by atoms with Crippen LogP contribution in [0.1, 0.15) is 18.4 Å². The van der Waals surface area contributed by atoms with Gasteiger partial charge in [0.15, 0.2) is 5.82 Å². The van der Waals surface area contributed by atoms with Gasteiger partial charge >= 0.3 is 0 Å². The predicted molar refractivity (Wildman–Crippen MR) is 116 cm³/mol. The Bertz CT molecular complexity index is 781. The van der Waals surface area contributed by atoms with Crippen molar-refractivity contribution in [3.63, 3.8) is 0 Å². The number of benzene rings is 1.